The van der Waals surface area contributed by atoms with Crippen molar-refractivity contribution in [2.24, 2.45) is 0 Å². The van der Waals surface area contributed by atoms with E-state index in [-0.39, 0.29) is 10.6 Å². The van der Waals surface area contributed by atoms with Gasteiger partial charge in [-0.3, -0.25) is 0 Å². The first-order valence-corrected chi connectivity index (χ1v) is 7.57. The van der Waals surface area contributed by atoms with E-state index in [4.69, 9.17) is 4.74 Å². The summed E-state index contributed by atoms with van der Waals surface area (Å²) in [6.45, 7) is 0. The third-order valence-corrected chi connectivity index (χ3v) is 4.85. The van der Waals surface area contributed by atoms with Crippen LogP contribution >= 0.6 is 23.5 Å². The van der Waals surface area contributed by atoms with Crippen molar-refractivity contribution in [3.8, 4) is 0 Å². The number of methoxy groups -OCH3 is 1. The molecule has 2 aromatic rings. The van der Waals surface area contributed by atoms with Gasteiger partial charge in [0.25, 0.3) is 0 Å². The highest BCUT2D eigenvalue weighted by Crippen LogP contribution is 2.35. The van der Waals surface area contributed by atoms with Crippen molar-refractivity contribution in [3.63, 3.8) is 0 Å². The summed E-state index contributed by atoms with van der Waals surface area (Å²) in [6.07, 6.45) is 0. The van der Waals surface area contributed by atoms with Crippen LogP contribution < -0.4 is 0 Å². The topological polar surface area (TPSA) is 26.3 Å². The molecule has 0 aliphatic carbocycles. The first-order chi connectivity index (χ1) is 9.29. The van der Waals surface area contributed by atoms with E-state index < -0.39 is 0 Å². The number of thioether (sulfide) groups is 2. The maximum Gasteiger partial charge on any atom is 0.329 e. The SMILES string of the molecule is COC(=O)C(Sc1ccccc1)Sc1ccccc1. The lowest BCUT2D eigenvalue weighted by atomic mass is 10.4. The lowest BCUT2D eigenvalue weighted by Crippen LogP contribution is -2.14. The standard InChI is InChI=1S/C15H14O2S2/c1-17-14(16)15(18-12-8-4-2-5-9-12)19-13-10-6-3-7-11-13/h2-11,15H,1H3. The zero-order chi connectivity index (χ0) is 13.5. The Morgan fingerprint density at radius 2 is 1.32 bits per heavy atom. The average molecular weight is 290 g/mol. The van der Waals surface area contributed by atoms with Gasteiger partial charge in [-0.1, -0.05) is 59.9 Å². The van der Waals surface area contributed by atoms with Crippen molar-refractivity contribution in [2.45, 2.75) is 14.4 Å². The Balaban J connectivity index is 2.10. The molecule has 0 spiro atoms. The van der Waals surface area contributed by atoms with Crippen molar-refractivity contribution in [1.29, 1.82) is 0 Å². The minimum atomic E-state index is -0.296. The molecule has 0 aliphatic heterocycles. The fourth-order valence-corrected chi connectivity index (χ4v) is 3.83. The average Bonchev–Trinajstić information content (AvgIpc) is 2.48. The van der Waals surface area contributed by atoms with Gasteiger partial charge in [-0.05, 0) is 24.3 Å². The van der Waals surface area contributed by atoms with Gasteiger partial charge in [-0.2, -0.15) is 0 Å². The Morgan fingerprint density at radius 1 is 0.895 bits per heavy atom. The van der Waals surface area contributed by atoms with Gasteiger partial charge < -0.3 is 4.74 Å². The van der Waals surface area contributed by atoms with Crippen LogP contribution in [0.2, 0.25) is 0 Å². The van der Waals surface area contributed by atoms with E-state index in [1.54, 1.807) is 0 Å². The van der Waals surface area contributed by atoms with Gasteiger partial charge in [0.2, 0.25) is 0 Å². The summed E-state index contributed by atoms with van der Waals surface area (Å²) in [4.78, 5) is 14.0. The molecule has 2 rings (SSSR count). The lowest BCUT2D eigenvalue weighted by Gasteiger charge is -2.13. The van der Waals surface area contributed by atoms with Gasteiger partial charge in [0.15, 0.2) is 4.58 Å². The summed E-state index contributed by atoms with van der Waals surface area (Å²) in [5.41, 5.74) is 0. The van der Waals surface area contributed by atoms with E-state index in [0.29, 0.717) is 0 Å². The van der Waals surface area contributed by atoms with E-state index >= 15 is 0 Å². The number of esters is 1. The molecule has 0 amide bonds. The molecule has 0 saturated heterocycles. The molecule has 0 heterocycles. The third-order valence-electron chi connectivity index (χ3n) is 2.37. The lowest BCUT2D eigenvalue weighted by molar-refractivity contribution is -0.138. The number of hydrogen-bond acceptors (Lipinski definition) is 4. The molecule has 0 atom stereocenters. The molecule has 0 radical (unpaired) electrons. The quantitative estimate of drug-likeness (QED) is 0.471. The minimum Gasteiger partial charge on any atom is -0.468 e. The molecule has 98 valence electrons. The number of ether oxygens (including phenoxy) is 1. The summed E-state index contributed by atoms with van der Waals surface area (Å²) in [5, 5.41) is 0. The van der Waals surface area contributed by atoms with Crippen LogP contribution in [0.3, 0.4) is 0 Å². The smallest absolute Gasteiger partial charge is 0.329 e. The molecule has 0 aromatic heterocycles. The molecule has 0 aliphatic rings. The number of carbonyl (C=O) groups excluding carboxylic acids is 1. The third kappa shape index (κ3) is 4.33. The molecule has 4 heteroatoms. The zero-order valence-corrected chi connectivity index (χ0v) is 12.1. The van der Waals surface area contributed by atoms with Crippen molar-refractivity contribution < 1.29 is 9.53 Å². The zero-order valence-electron chi connectivity index (χ0n) is 10.5. The summed E-state index contributed by atoms with van der Waals surface area (Å²) < 4.78 is 4.58. The number of carbonyl (C=O) groups is 1. The van der Waals surface area contributed by atoms with Crippen LogP contribution in [0, 0.1) is 0 Å². The molecule has 2 aromatic carbocycles. The fraction of sp³-hybridized carbons (Fsp3) is 0.133. The monoisotopic (exact) mass is 290 g/mol. The second-order valence-corrected chi connectivity index (χ2v) is 6.37. The Hall–Kier alpha value is -1.39. The molecule has 19 heavy (non-hydrogen) atoms. The van der Waals surface area contributed by atoms with Crippen LogP contribution in [-0.4, -0.2) is 17.7 Å². The highest BCUT2D eigenvalue weighted by atomic mass is 32.2. The van der Waals surface area contributed by atoms with E-state index in [0.717, 1.165) is 9.79 Å². The van der Waals surface area contributed by atoms with E-state index in [1.165, 1.54) is 30.6 Å². The van der Waals surface area contributed by atoms with Crippen LogP contribution in [0.1, 0.15) is 0 Å². The van der Waals surface area contributed by atoms with Gasteiger partial charge in [0, 0.05) is 9.79 Å². The first kappa shape index (κ1) is 14.0. The van der Waals surface area contributed by atoms with Crippen LogP contribution in [0.25, 0.3) is 0 Å². The molecule has 0 saturated carbocycles. The van der Waals surface area contributed by atoms with Crippen molar-refractivity contribution in [3.05, 3.63) is 60.7 Å². The number of benzene rings is 2. The predicted octanol–water partition coefficient (Wildman–Crippen LogP) is 4.07. The molecule has 0 unspecified atom stereocenters. The highest BCUT2D eigenvalue weighted by Gasteiger charge is 2.21. The Morgan fingerprint density at radius 3 is 1.68 bits per heavy atom. The van der Waals surface area contributed by atoms with Crippen molar-refractivity contribution in [2.75, 3.05) is 7.11 Å². The van der Waals surface area contributed by atoms with E-state index in [9.17, 15) is 4.79 Å². The van der Waals surface area contributed by atoms with E-state index in [2.05, 4.69) is 0 Å². The van der Waals surface area contributed by atoms with Gasteiger partial charge >= 0.3 is 5.97 Å². The molecular formula is C15H14O2S2. The Bertz CT molecular complexity index is 473. The van der Waals surface area contributed by atoms with Crippen molar-refractivity contribution in [1.82, 2.24) is 0 Å². The number of rotatable bonds is 5. The minimum absolute atomic E-state index is 0.220. The van der Waals surface area contributed by atoms with Crippen LogP contribution in [-0.2, 0) is 9.53 Å². The van der Waals surface area contributed by atoms with Crippen molar-refractivity contribution >= 4 is 29.5 Å². The summed E-state index contributed by atoms with van der Waals surface area (Å²) in [7, 11) is 1.42. The molecule has 0 bridgehead atoms. The summed E-state index contributed by atoms with van der Waals surface area (Å²) in [5.74, 6) is -0.220. The van der Waals surface area contributed by atoms with Crippen LogP contribution in [0.15, 0.2) is 70.5 Å². The number of hydrogen-bond donors (Lipinski definition) is 0. The maximum absolute atomic E-state index is 11.9. The first-order valence-electron chi connectivity index (χ1n) is 5.81. The van der Waals surface area contributed by atoms with Crippen LogP contribution in [0.5, 0.6) is 0 Å². The second-order valence-electron chi connectivity index (χ2n) is 3.72. The van der Waals surface area contributed by atoms with E-state index in [1.807, 2.05) is 60.7 Å². The Labute approximate surface area is 121 Å². The van der Waals surface area contributed by atoms with Gasteiger partial charge in [-0.25, -0.2) is 4.79 Å². The molecule has 0 fully saturated rings. The maximum atomic E-state index is 11.9. The normalized spacial score (nSPS) is 10.4. The highest BCUT2D eigenvalue weighted by molar-refractivity contribution is 8.18. The summed E-state index contributed by atoms with van der Waals surface area (Å²) in [6, 6.07) is 19.7. The second kappa shape index (κ2) is 7.26. The van der Waals surface area contributed by atoms with Gasteiger partial charge in [0.1, 0.15) is 0 Å². The molecule has 0 N–H and O–H groups in total. The predicted molar refractivity (Wildman–Crippen MR) is 80.4 cm³/mol. The fourth-order valence-electron chi connectivity index (χ4n) is 1.46. The summed E-state index contributed by atoms with van der Waals surface area (Å²) >= 11 is 3.01. The molecule has 2 nitrogen and oxygen atoms in total. The molecular weight excluding hydrogens is 276 g/mol. The largest absolute Gasteiger partial charge is 0.468 e. The Kier molecular flexibility index (Phi) is 5.36. The van der Waals surface area contributed by atoms with Gasteiger partial charge in [0.05, 0.1) is 7.11 Å². The van der Waals surface area contributed by atoms with Crippen LogP contribution in [0.4, 0.5) is 0 Å². The van der Waals surface area contributed by atoms with Gasteiger partial charge in [-0.15, -0.1) is 0 Å².